The molecule has 0 amide bonds. The van der Waals surface area contributed by atoms with Gasteiger partial charge < -0.3 is 20.3 Å². The van der Waals surface area contributed by atoms with E-state index < -0.39 is 11.4 Å². The van der Waals surface area contributed by atoms with Gasteiger partial charge in [-0.3, -0.25) is 0 Å². The van der Waals surface area contributed by atoms with Crippen molar-refractivity contribution in [1.82, 2.24) is 0 Å². The van der Waals surface area contributed by atoms with Crippen LogP contribution in [-0.2, 0) is 9.47 Å². The monoisotopic (exact) mass is 271 g/mol. The molecule has 2 rings (SSSR count). The van der Waals surface area contributed by atoms with Gasteiger partial charge in [0.1, 0.15) is 0 Å². The maximum absolute atomic E-state index is 10.6. The van der Waals surface area contributed by atoms with E-state index in [2.05, 4.69) is 6.58 Å². The fourth-order valence-electron chi connectivity index (χ4n) is 2.43. The first-order valence-corrected chi connectivity index (χ1v) is 7.07. The molecule has 3 N–H and O–H groups in total. The summed E-state index contributed by atoms with van der Waals surface area (Å²) in [6.45, 7) is 7.21. The highest BCUT2D eigenvalue weighted by atomic mass is 32.2. The number of rotatable bonds is 3. The van der Waals surface area contributed by atoms with E-state index in [-0.39, 0.29) is 0 Å². The van der Waals surface area contributed by atoms with E-state index >= 15 is 0 Å². The standard InChI is InChI=1S/C13H21NO3S/c1-10(9-14)18-11(2)12(15)3-5-13(6-4-12)16-7-8-17-13/h9,15H,2-8,14H2,1H3/b10-9-. The van der Waals surface area contributed by atoms with Crippen molar-refractivity contribution < 1.29 is 14.6 Å². The lowest BCUT2D eigenvalue weighted by Crippen LogP contribution is -2.44. The minimum atomic E-state index is -0.838. The van der Waals surface area contributed by atoms with Gasteiger partial charge in [0.15, 0.2) is 5.79 Å². The summed E-state index contributed by atoms with van der Waals surface area (Å²) in [7, 11) is 0. The molecule has 0 aromatic carbocycles. The lowest BCUT2D eigenvalue weighted by Gasteiger charge is -2.41. The molecule has 0 radical (unpaired) electrons. The Morgan fingerprint density at radius 3 is 2.33 bits per heavy atom. The second-order valence-corrected chi connectivity index (χ2v) is 6.28. The van der Waals surface area contributed by atoms with Gasteiger partial charge in [-0.15, -0.1) is 0 Å². The van der Waals surface area contributed by atoms with Crippen LogP contribution in [0.2, 0.25) is 0 Å². The molecule has 1 saturated carbocycles. The van der Waals surface area contributed by atoms with Crippen molar-refractivity contribution in [3.05, 3.63) is 22.6 Å². The van der Waals surface area contributed by atoms with Crippen LogP contribution in [0.15, 0.2) is 22.6 Å². The fraction of sp³-hybridized carbons (Fsp3) is 0.692. The molecule has 0 aromatic heterocycles. The van der Waals surface area contributed by atoms with Crippen LogP contribution >= 0.6 is 11.8 Å². The number of hydrogen-bond acceptors (Lipinski definition) is 5. The zero-order chi connectivity index (χ0) is 13.2. The molecule has 4 nitrogen and oxygen atoms in total. The molecule has 1 spiro atoms. The fourth-order valence-corrected chi connectivity index (χ4v) is 3.28. The Kier molecular flexibility index (Phi) is 4.06. The minimum Gasteiger partial charge on any atom is -0.404 e. The van der Waals surface area contributed by atoms with Crippen LogP contribution in [0.1, 0.15) is 32.6 Å². The summed E-state index contributed by atoms with van der Waals surface area (Å²) in [5, 5.41) is 10.6. The Morgan fingerprint density at radius 2 is 1.83 bits per heavy atom. The average Bonchev–Trinajstić information content (AvgIpc) is 2.82. The number of hydrogen-bond donors (Lipinski definition) is 2. The van der Waals surface area contributed by atoms with E-state index in [1.807, 2.05) is 6.92 Å². The molecule has 1 saturated heterocycles. The second kappa shape index (κ2) is 5.25. The van der Waals surface area contributed by atoms with Gasteiger partial charge in [-0.1, -0.05) is 18.3 Å². The Labute approximate surface area is 112 Å². The molecule has 2 fully saturated rings. The first-order chi connectivity index (χ1) is 8.50. The Bertz CT molecular complexity index is 351. The third-order valence-corrected chi connectivity index (χ3v) is 4.77. The van der Waals surface area contributed by atoms with Crippen molar-refractivity contribution >= 4 is 11.8 Å². The number of thioether (sulfide) groups is 1. The maximum Gasteiger partial charge on any atom is 0.168 e. The van der Waals surface area contributed by atoms with Gasteiger partial charge in [-0.2, -0.15) is 0 Å². The number of nitrogens with two attached hydrogens (primary N) is 1. The van der Waals surface area contributed by atoms with Gasteiger partial charge >= 0.3 is 0 Å². The van der Waals surface area contributed by atoms with Crippen LogP contribution in [0.4, 0.5) is 0 Å². The van der Waals surface area contributed by atoms with E-state index in [1.54, 1.807) is 0 Å². The van der Waals surface area contributed by atoms with Crippen LogP contribution in [-0.4, -0.2) is 29.7 Å². The molecule has 0 unspecified atom stereocenters. The predicted molar refractivity (Wildman–Crippen MR) is 72.7 cm³/mol. The van der Waals surface area contributed by atoms with Crippen LogP contribution < -0.4 is 5.73 Å². The highest BCUT2D eigenvalue weighted by Crippen LogP contribution is 2.46. The van der Waals surface area contributed by atoms with E-state index in [4.69, 9.17) is 15.2 Å². The van der Waals surface area contributed by atoms with Crippen molar-refractivity contribution in [2.45, 2.75) is 44.0 Å². The molecule has 1 aliphatic carbocycles. The summed E-state index contributed by atoms with van der Waals surface area (Å²) >= 11 is 1.45. The lowest BCUT2D eigenvalue weighted by molar-refractivity contribution is -0.196. The van der Waals surface area contributed by atoms with Gasteiger partial charge in [-0.05, 0) is 19.8 Å². The second-order valence-electron chi connectivity index (χ2n) is 4.94. The van der Waals surface area contributed by atoms with Crippen LogP contribution in [0, 0.1) is 0 Å². The Balaban J connectivity index is 1.96. The molecular formula is C13H21NO3S. The summed E-state index contributed by atoms with van der Waals surface area (Å²) in [6.07, 6.45) is 4.21. The number of aliphatic hydroxyl groups is 1. The molecule has 102 valence electrons. The summed E-state index contributed by atoms with van der Waals surface area (Å²) in [5.74, 6) is -0.448. The molecule has 0 aromatic rings. The molecule has 5 heteroatoms. The molecule has 2 aliphatic rings. The van der Waals surface area contributed by atoms with Gasteiger partial charge in [-0.25, -0.2) is 0 Å². The predicted octanol–water partition coefficient (Wildman–Crippen LogP) is 2.10. The highest BCUT2D eigenvalue weighted by Gasteiger charge is 2.46. The lowest BCUT2D eigenvalue weighted by atomic mass is 9.81. The minimum absolute atomic E-state index is 0.448. The topological polar surface area (TPSA) is 64.7 Å². The molecule has 0 atom stereocenters. The summed E-state index contributed by atoms with van der Waals surface area (Å²) in [5.41, 5.74) is 4.60. The molecule has 18 heavy (non-hydrogen) atoms. The number of allylic oxidation sites excluding steroid dienone is 1. The smallest absolute Gasteiger partial charge is 0.168 e. The van der Waals surface area contributed by atoms with Crippen molar-refractivity contribution in [2.75, 3.05) is 13.2 Å². The molecule has 1 heterocycles. The van der Waals surface area contributed by atoms with Crippen LogP contribution in [0.25, 0.3) is 0 Å². The zero-order valence-corrected chi connectivity index (χ0v) is 11.6. The summed E-state index contributed by atoms with van der Waals surface area (Å²) in [6, 6.07) is 0. The molecule has 0 bridgehead atoms. The SMILES string of the molecule is C=C(S/C(C)=C\N)C1(O)CCC2(CC1)OCCO2. The zero-order valence-electron chi connectivity index (χ0n) is 10.8. The van der Waals surface area contributed by atoms with Crippen molar-refractivity contribution in [3.8, 4) is 0 Å². The summed E-state index contributed by atoms with van der Waals surface area (Å²) < 4.78 is 11.3. The first kappa shape index (κ1) is 13.9. The van der Waals surface area contributed by atoms with Crippen LogP contribution in [0.3, 0.4) is 0 Å². The first-order valence-electron chi connectivity index (χ1n) is 6.26. The summed E-state index contributed by atoms with van der Waals surface area (Å²) in [4.78, 5) is 1.71. The Morgan fingerprint density at radius 1 is 1.28 bits per heavy atom. The van der Waals surface area contributed by atoms with E-state index in [9.17, 15) is 5.11 Å². The van der Waals surface area contributed by atoms with Crippen molar-refractivity contribution in [3.63, 3.8) is 0 Å². The van der Waals surface area contributed by atoms with E-state index in [0.717, 1.165) is 9.81 Å². The van der Waals surface area contributed by atoms with Gasteiger partial charge in [0.05, 0.1) is 18.8 Å². The third-order valence-electron chi connectivity index (χ3n) is 3.69. The molecule has 1 aliphatic heterocycles. The van der Waals surface area contributed by atoms with Crippen molar-refractivity contribution in [1.29, 1.82) is 0 Å². The largest absolute Gasteiger partial charge is 0.404 e. The Hall–Kier alpha value is -0.490. The molecular weight excluding hydrogens is 250 g/mol. The highest BCUT2D eigenvalue weighted by molar-refractivity contribution is 8.06. The van der Waals surface area contributed by atoms with Gasteiger partial charge in [0.25, 0.3) is 0 Å². The maximum atomic E-state index is 10.6. The third kappa shape index (κ3) is 2.74. The van der Waals surface area contributed by atoms with Gasteiger partial charge in [0.2, 0.25) is 0 Å². The van der Waals surface area contributed by atoms with Crippen LogP contribution in [0.5, 0.6) is 0 Å². The van der Waals surface area contributed by atoms with E-state index in [1.165, 1.54) is 18.0 Å². The van der Waals surface area contributed by atoms with E-state index in [0.29, 0.717) is 38.9 Å². The average molecular weight is 271 g/mol. The normalized spacial score (nSPS) is 26.4. The van der Waals surface area contributed by atoms with Crippen molar-refractivity contribution in [2.24, 2.45) is 5.73 Å². The number of ether oxygens (including phenoxy) is 2. The quantitative estimate of drug-likeness (QED) is 0.823. The van der Waals surface area contributed by atoms with Gasteiger partial charge in [0, 0.05) is 28.9 Å².